The van der Waals surface area contributed by atoms with E-state index in [0.29, 0.717) is 5.92 Å². The molecule has 0 spiro atoms. The molecule has 15 heavy (non-hydrogen) atoms. The van der Waals surface area contributed by atoms with Crippen molar-refractivity contribution in [3.8, 4) is 0 Å². The number of hydrogen-bond acceptors (Lipinski definition) is 3. The third kappa shape index (κ3) is 1.72. The van der Waals surface area contributed by atoms with E-state index in [9.17, 15) is 10.1 Å². The van der Waals surface area contributed by atoms with Crippen LogP contribution in [0.25, 0.3) is 0 Å². The summed E-state index contributed by atoms with van der Waals surface area (Å²) in [6, 6.07) is 6.66. The third-order valence-corrected chi connectivity index (χ3v) is 3.06. The lowest BCUT2D eigenvalue weighted by atomic mass is 9.66. The van der Waals surface area contributed by atoms with Gasteiger partial charge in [-0.2, -0.15) is 0 Å². The van der Waals surface area contributed by atoms with Gasteiger partial charge >= 0.3 is 0 Å². The molecule has 1 aliphatic rings. The van der Waals surface area contributed by atoms with Crippen molar-refractivity contribution in [3.05, 3.63) is 39.9 Å². The maximum Gasteiger partial charge on any atom is 0.269 e. The van der Waals surface area contributed by atoms with Crippen molar-refractivity contribution < 1.29 is 4.92 Å². The fraction of sp³-hybridized carbons (Fsp3) is 0.455. The second kappa shape index (κ2) is 3.31. The third-order valence-electron chi connectivity index (χ3n) is 3.06. The Labute approximate surface area is 88.2 Å². The standard InChI is InChI=1S/C11H14N2O2/c1-8-6-11(12,7-8)9-3-2-4-10(5-9)13(14)15/h2-5,8H,6-7,12H2,1H3. The SMILES string of the molecule is CC1CC(N)(c2cccc([N+](=O)[O-])c2)C1. The van der Waals surface area contributed by atoms with E-state index < -0.39 is 0 Å². The second-order valence-electron chi connectivity index (χ2n) is 4.48. The maximum absolute atomic E-state index is 10.6. The normalized spacial score (nSPS) is 29.6. The van der Waals surface area contributed by atoms with Crippen molar-refractivity contribution >= 4 is 5.69 Å². The summed E-state index contributed by atoms with van der Waals surface area (Å²) in [4.78, 5) is 10.2. The molecule has 0 aromatic heterocycles. The average Bonchev–Trinajstić information content (AvgIpc) is 2.16. The first kappa shape index (κ1) is 10.1. The molecule has 2 N–H and O–H groups in total. The fourth-order valence-electron chi connectivity index (χ4n) is 2.35. The number of non-ortho nitro benzene ring substituents is 1. The van der Waals surface area contributed by atoms with Crippen molar-refractivity contribution in [1.82, 2.24) is 0 Å². The summed E-state index contributed by atoms with van der Waals surface area (Å²) in [6.07, 6.45) is 1.82. The summed E-state index contributed by atoms with van der Waals surface area (Å²) in [5.41, 5.74) is 6.83. The van der Waals surface area contributed by atoms with Gasteiger partial charge in [-0.1, -0.05) is 19.1 Å². The van der Waals surface area contributed by atoms with Crippen molar-refractivity contribution in [1.29, 1.82) is 0 Å². The van der Waals surface area contributed by atoms with E-state index in [2.05, 4.69) is 6.92 Å². The van der Waals surface area contributed by atoms with E-state index in [1.807, 2.05) is 6.07 Å². The zero-order valence-corrected chi connectivity index (χ0v) is 8.64. The Hall–Kier alpha value is -1.42. The zero-order valence-electron chi connectivity index (χ0n) is 8.64. The molecular formula is C11H14N2O2. The van der Waals surface area contributed by atoms with Gasteiger partial charge in [0.05, 0.1) is 4.92 Å². The van der Waals surface area contributed by atoms with Crippen molar-refractivity contribution in [2.75, 3.05) is 0 Å². The molecule has 2 rings (SSSR count). The lowest BCUT2D eigenvalue weighted by Crippen LogP contribution is -2.47. The highest BCUT2D eigenvalue weighted by atomic mass is 16.6. The monoisotopic (exact) mass is 206 g/mol. The zero-order chi connectivity index (χ0) is 11.1. The van der Waals surface area contributed by atoms with Crippen LogP contribution in [0.3, 0.4) is 0 Å². The van der Waals surface area contributed by atoms with Crippen LogP contribution in [0.15, 0.2) is 24.3 Å². The predicted octanol–water partition coefficient (Wildman–Crippen LogP) is 2.18. The summed E-state index contributed by atoms with van der Waals surface area (Å²) in [5, 5.41) is 10.6. The molecule has 0 aliphatic heterocycles. The summed E-state index contributed by atoms with van der Waals surface area (Å²) < 4.78 is 0. The van der Waals surface area contributed by atoms with Gasteiger partial charge in [-0.3, -0.25) is 10.1 Å². The fourth-order valence-corrected chi connectivity index (χ4v) is 2.35. The molecule has 0 atom stereocenters. The highest BCUT2D eigenvalue weighted by molar-refractivity contribution is 5.39. The summed E-state index contributed by atoms with van der Waals surface area (Å²) in [6.45, 7) is 2.14. The lowest BCUT2D eigenvalue weighted by Gasteiger charge is -2.43. The molecule has 80 valence electrons. The molecule has 0 radical (unpaired) electrons. The quantitative estimate of drug-likeness (QED) is 0.595. The van der Waals surface area contributed by atoms with Crippen LogP contribution in [0, 0.1) is 16.0 Å². The Kier molecular flexibility index (Phi) is 2.23. The molecule has 4 nitrogen and oxygen atoms in total. The van der Waals surface area contributed by atoms with Gasteiger partial charge in [-0.15, -0.1) is 0 Å². The molecule has 1 aromatic carbocycles. The first-order valence-corrected chi connectivity index (χ1v) is 5.05. The van der Waals surface area contributed by atoms with Gasteiger partial charge in [0, 0.05) is 17.7 Å². The predicted molar refractivity (Wildman–Crippen MR) is 57.4 cm³/mol. The van der Waals surface area contributed by atoms with Gasteiger partial charge in [0.2, 0.25) is 0 Å². The van der Waals surface area contributed by atoms with Crippen LogP contribution in [0.5, 0.6) is 0 Å². The van der Waals surface area contributed by atoms with Crippen LogP contribution in [-0.4, -0.2) is 4.92 Å². The second-order valence-corrected chi connectivity index (χ2v) is 4.48. The highest BCUT2D eigenvalue weighted by Crippen LogP contribution is 2.43. The first-order chi connectivity index (χ1) is 7.01. The Morgan fingerprint density at radius 2 is 2.20 bits per heavy atom. The molecule has 4 heteroatoms. The number of nitro benzene ring substituents is 1. The van der Waals surface area contributed by atoms with Gasteiger partial charge in [-0.05, 0) is 24.3 Å². The number of nitrogens with two attached hydrogens (primary N) is 1. The molecule has 0 bridgehead atoms. The molecule has 0 saturated heterocycles. The average molecular weight is 206 g/mol. The number of benzene rings is 1. The maximum atomic E-state index is 10.6. The van der Waals surface area contributed by atoms with Crippen LogP contribution >= 0.6 is 0 Å². The number of rotatable bonds is 2. The number of hydrogen-bond donors (Lipinski definition) is 1. The number of nitro groups is 1. The smallest absolute Gasteiger partial charge is 0.269 e. The summed E-state index contributed by atoms with van der Waals surface area (Å²) in [7, 11) is 0. The minimum atomic E-state index is -0.380. The van der Waals surface area contributed by atoms with Gasteiger partial charge in [0.1, 0.15) is 0 Å². The minimum Gasteiger partial charge on any atom is -0.321 e. The molecule has 1 saturated carbocycles. The van der Waals surface area contributed by atoms with Crippen molar-refractivity contribution in [2.24, 2.45) is 11.7 Å². The van der Waals surface area contributed by atoms with Crippen molar-refractivity contribution in [3.63, 3.8) is 0 Å². The van der Waals surface area contributed by atoms with E-state index in [1.54, 1.807) is 12.1 Å². The molecule has 1 fully saturated rings. The van der Waals surface area contributed by atoms with Crippen LogP contribution in [0.1, 0.15) is 25.3 Å². The van der Waals surface area contributed by atoms with E-state index in [4.69, 9.17) is 5.73 Å². The van der Waals surface area contributed by atoms with Gasteiger partial charge in [-0.25, -0.2) is 0 Å². The Balaban J connectivity index is 2.29. The lowest BCUT2D eigenvalue weighted by molar-refractivity contribution is -0.385. The Morgan fingerprint density at radius 3 is 2.73 bits per heavy atom. The minimum absolute atomic E-state index is 0.122. The Morgan fingerprint density at radius 1 is 1.53 bits per heavy atom. The molecular weight excluding hydrogens is 192 g/mol. The van der Waals surface area contributed by atoms with Crippen LogP contribution in [0.2, 0.25) is 0 Å². The van der Waals surface area contributed by atoms with Gasteiger partial charge in [0.15, 0.2) is 0 Å². The summed E-state index contributed by atoms with van der Waals surface area (Å²) in [5.74, 6) is 0.620. The summed E-state index contributed by atoms with van der Waals surface area (Å²) >= 11 is 0. The molecule has 1 aromatic rings. The highest BCUT2D eigenvalue weighted by Gasteiger charge is 2.40. The van der Waals surface area contributed by atoms with E-state index in [0.717, 1.165) is 18.4 Å². The van der Waals surface area contributed by atoms with E-state index in [-0.39, 0.29) is 16.1 Å². The number of nitrogens with zero attached hydrogens (tertiary/aromatic N) is 1. The van der Waals surface area contributed by atoms with Crippen LogP contribution in [0.4, 0.5) is 5.69 Å². The Bertz CT molecular complexity index is 397. The van der Waals surface area contributed by atoms with Crippen molar-refractivity contribution in [2.45, 2.75) is 25.3 Å². The van der Waals surface area contributed by atoms with Crippen LogP contribution in [-0.2, 0) is 5.54 Å². The van der Waals surface area contributed by atoms with E-state index >= 15 is 0 Å². The first-order valence-electron chi connectivity index (χ1n) is 5.05. The molecule has 1 aliphatic carbocycles. The van der Waals surface area contributed by atoms with E-state index in [1.165, 1.54) is 6.07 Å². The molecule has 0 unspecified atom stereocenters. The molecule has 0 heterocycles. The largest absolute Gasteiger partial charge is 0.321 e. The van der Waals surface area contributed by atoms with Gasteiger partial charge in [0.25, 0.3) is 5.69 Å². The topological polar surface area (TPSA) is 69.2 Å². The van der Waals surface area contributed by atoms with Gasteiger partial charge < -0.3 is 5.73 Å². The molecule has 0 amide bonds. The van der Waals surface area contributed by atoms with Crippen LogP contribution < -0.4 is 5.73 Å².